The van der Waals surface area contributed by atoms with Gasteiger partial charge in [-0.1, -0.05) is 50.1 Å². The maximum Gasteiger partial charge on any atom is 0.201 e. The minimum Gasteiger partial charge on any atom is -0.276 e. The number of benzene rings is 3. The Kier molecular flexibility index (Phi) is 6.09. The molecule has 3 aromatic rings. The molecule has 0 radical (unpaired) electrons. The Balaban J connectivity index is 1.88. The summed E-state index contributed by atoms with van der Waals surface area (Å²) in [6.07, 6.45) is 0. The Morgan fingerprint density at radius 1 is 0.720 bits per heavy atom. The molecular formula is C19H14Br2N4. The number of rotatable bonds is 4. The van der Waals surface area contributed by atoms with Crippen LogP contribution in [0.4, 0.5) is 11.4 Å². The third kappa shape index (κ3) is 5.34. The molecule has 3 aromatic carbocycles. The van der Waals surface area contributed by atoms with Crippen LogP contribution < -0.4 is 5.43 Å². The molecule has 0 aliphatic rings. The van der Waals surface area contributed by atoms with Gasteiger partial charge in [0.2, 0.25) is 5.84 Å². The lowest BCUT2D eigenvalue weighted by Gasteiger charge is -2.03. The molecule has 4 nitrogen and oxygen atoms in total. The molecule has 124 valence electrons. The second-order valence-corrected chi connectivity index (χ2v) is 6.93. The number of hydrogen-bond acceptors (Lipinski definition) is 3. The predicted molar refractivity (Wildman–Crippen MR) is 109 cm³/mol. The molecule has 0 aromatic heterocycles. The minimum atomic E-state index is 0.499. The van der Waals surface area contributed by atoms with Crippen LogP contribution in [0.5, 0.6) is 0 Å². The summed E-state index contributed by atoms with van der Waals surface area (Å²) in [5.41, 5.74) is 5.53. The van der Waals surface area contributed by atoms with Crippen LogP contribution in [0.25, 0.3) is 0 Å². The van der Waals surface area contributed by atoms with Crippen molar-refractivity contribution < 1.29 is 0 Å². The van der Waals surface area contributed by atoms with Crippen molar-refractivity contribution in [2.24, 2.45) is 15.3 Å². The Labute approximate surface area is 163 Å². The third-order valence-electron chi connectivity index (χ3n) is 3.25. The molecule has 0 saturated heterocycles. The molecule has 0 heterocycles. The summed E-state index contributed by atoms with van der Waals surface area (Å²) >= 11 is 6.85. The van der Waals surface area contributed by atoms with E-state index < -0.39 is 0 Å². The molecule has 3 rings (SSSR count). The van der Waals surface area contributed by atoms with Gasteiger partial charge in [0.1, 0.15) is 0 Å². The van der Waals surface area contributed by atoms with Crippen molar-refractivity contribution in [1.29, 1.82) is 0 Å². The van der Waals surface area contributed by atoms with Crippen LogP contribution >= 0.6 is 31.9 Å². The van der Waals surface area contributed by atoms with Gasteiger partial charge in [-0.15, -0.1) is 10.2 Å². The molecule has 25 heavy (non-hydrogen) atoms. The summed E-state index contributed by atoms with van der Waals surface area (Å²) in [7, 11) is 0. The van der Waals surface area contributed by atoms with E-state index in [9.17, 15) is 0 Å². The Hall–Kier alpha value is -2.31. The van der Waals surface area contributed by atoms with Gasteiger partial charge in [-0.3, -0.25) is 5.43 Å². The quantitative estimate of drug-likeness (QED) is 0.200. The fraction of sp³-hybridized carbons (Fsp3) is 0. The first kappa shape index (κ1) is 17.5. The lowest BCUT2D eigenvalue weighted by molar-refractivity contribution is 1.22. The van der Waals surface area contributed by atoms with E-state index in [-0.39, 0.29) is 0 Å². The second kappa shape index (κ2) is 8.69. The maximum atomic E-state index is 4.41. The SMILES string of the molecule is Brc1ccc(N=N/C(=N\Nc2ccccc2)c2ccc(Br)cc2)cc1. The lowest BCUT2D eigenvalue weighted by atomic mass is 10.2. The predicted octanol–water partition coefficient (Wildman–Crippen LogP) is 6.77. The zero-order chi connectivity index (χ0) is 17.5. The summed E-state index contributed by atoms with van der Waals surface area (Å²) < 4.78 is 2.00. The number of nitrogens with one attached hydrogen (secondary N) is 1. The summed E-state index contributed by atoms with van der Waals surface area (Å²) in [4.78, 5) is 0. The Morgan fingerprint density at radius 3 is 1.96 bits per heavy atom. The first-order valence-electron chi connectivity index (χ1n) is 7.53. The Bertz CT molecular complexity index is 874. The van der Waals surface area contributed by atoms with Gasteiger partial charge < -0.3 is 0 Å². The van der Waals surface area contributed by atoms with E-state index in [1.54, 1.807) is 0 Å². The highest BCUT2D eigenvalue weighted by atomic mass is 79.9. The smallest absolute Gasteiger partial charge is 0.201 e. The highest BCUT2D eigenvalue weighted by molar-refractivity contribution is 9.10. The van der Waals surface area contributed by atoms with Gasteiger partial charge >= 0.3 is 0 Å². The average Bonchev–Trinajstić information content (AvgIpc) is 2.65. The van der Waals surface area contributed by atoms with E-state index in [4.69, 9.17) is 0 Å². The van der Waals surface area contributed by atoms with Crippen molar-refractivity contribution in [2.75, 3.05) is 5.43 Å². The van der Waals surface area contributed by atoms with Crippen molar-refractivity contribution in [3.05, 3.63) is 93.4 Å². The van der Waals surface area contributed by atoms with E-state index in [0.717, 1.165) is 25.9 Å². The number of hydrazone groups is 1. The number of halogens is 2. The monoisotopic (exact) mass is 456 g/mol. The van der Waals surface area contributed by atoms with Crippen molar-refractivity contribution in [3.63, 3.8) is 0 Å². The second-order valence-electron chi connectivity index (χ2n) is 5.10. The molecule has 0 amide bonds. The van der Waals surface area contributed by atoms with Crippen molar-refractivity contribution in [2.45, 2.75) is 0 Å². The normalized spacial score (nSPS) is 11.7. The summed E-state index contributed by atoms with van der Waals surface area (Å²) in [6, 6.07) is 25.1. The molecule has 0 fully saturated rings. The fourth-order valence-electron chi connectivity index (χ4n) is 1.99. The van der Waals surface area contributed by atoms with Gasteiger partial charge in [-0.05, 0) is 60.7 Å². The Morgan fingerprint density at radius 2 is 1.32 bits per heavy atom. The zero-order valence-electron chi connectivity index (χ0n) is 13.1. The van der Waals surface area contributed by atoms with Crippen LogP contribution in [0.15, 0.2) is 103 Å². The van der Waals surface area contributed by atoms with Crippen molar-refractivity contribution >= 4 is 49.1 Å². The topological polar surface area (TPSA) is 49.1 Å². The highest BCUT2D eigenvalue weighted by Gasteiger charge is 2.03. The van der Waals surface area contributed by atoms with E-state index >= 15 is 0 Å². The first-order chi connectivity index (χ1) is 12.2. The number of azo groups is 1. The van der Waals surface area contributed by atoms with Crippen molar-refractivity contribution in [1.82, 2.24) is 0 Å². The lowest BCUT2D eigenvalue weighted by Crippen LogP contribution is -2.01. The van der Waals surface area contributed by atoms with Gasteiger partial charge in [0.15, 0.2) is 0 Å². The average molecular weight is 458 g/mol. The van der Waals surface area contributed by atoms with Gasteiger partial charge in [0.05, 0.1) is 11.4 Å². The molecule has 6 heteroatoms. The van der Waals surface area contributed by atoms with Crippen LogP contribution in [0.2, 0.25) is 0 Å². The molecule has 0 aliphatic heterocycles. The summed E-state index contributed by atoms with van der Waals surface area (Å²) in [5, 5.41) is 13.0. The van der Waals surface area contributed by atoms with Gasteiger partial charge in [0.25, 0.3) is 0 Å². The van der Waals surface area contributed by atoms with E-state index in [2.05, 4.69) is 52.6 Å². The fourth-order valence-corrected chi connectivity index (χ4v) is 2.52. The molecule has 0 atom stereocenters. The van der Waals surface area contributed by atoms with E-state index in [0.29, 0.717) is 5.84 Å². The summed E-state index contributed by atoms with van der Waals surface area (Å²) in [6.45, 7) is 0. The van der Waals surface area contributed by atoms with Crippen LogP contribution in [-0.2, 0) is 0 Å². The molecule has 0 unspecified atom stereocenters. The number of amidine groups is 1. The van der Waals surface area contributed by atoms with E-state index in [1.807, 2.05) is 78.9 Å². The zero-order valence-corrected chi connectivity index (χ0v) is 16.3. The number of para-hydroxylation sites is 1. The molecular weight excluding hydrogens is 444 g/mol. The van der Waals surface area contributed by atoms with Gasteiger partial charge in [0, 0.05) is 14.5 Å². The highest BCUT2D eigenvalue weighted by Crippen LogP contribution is 2.18. The number of anilines is 1. The van der Waals surface area contributed by atoms with Crippen LogP contribution in [0.1, 0.15) is 5.56 Å². The van der Waals surface area contributed by atoms with E-state index in [1.165, 1.54) is 0 Å². The number of nitrogens with zero attached hydrogens (tertiary/aromatic N) is 3. The molecule has 0 aliphatic carbocycles. The molecule has 0 saturated carbocycles. The minimum absolute atomic E-state index is 0.499. The standard InChI is InChI=1S/C19H14Br2N4/c20-15-8-6-14(7-9-15)19(24-22-17-4-2-1-3-5-17)25-23-18-12-10-16(21)11-13-18/h1-13,22H/b24-19-,25-23?. The molecule has 0 bridgehead atoms. The number of hydrogen-bond donors (Lipinski definition) is 1. The maximum absolute atomic E-state index is 4.41. The summed E-state index contributed by atoms with van der Waals surface area (Å²) in [5.74, 6) is 0.499. The third-order valence-corrected chi connectivity index (χ3v) is 4.31. The molecule has 0 spiro atoms. The van der Waals surface area contributed by atoms with Crippen LogP contribution in [0.3, 0.4) is 0 Å². The molecule has 1 N–H and O–H groups in total. The van der Waals surface area contributed by atoms with Crippen LogP contribution in [-0.4, -0.2) is 5.84 Å². The van der Waals surface area contributed by atoms with Crippen LogP contribution in [0, 0.1) is 0 Å². The van der Waals surface area contributed by atoms with Gasteiger partial charge in [-0.25, -0.2) is 0 Å². The van der Waals surface area contributed by atoms with Crippen molar-refractivity contribution in [3.8, 4) is 0 Å². The first-order valence-corrected chi connectivity index (χ1v) is 9.11. The largest absolute Gasteiger partial charge is 0.276 e. The van der Waals surface area contributed by atoms with Gasteiger partial charge in [-0.2, -0.15) is 5.10 Å².